The van der Waals surface area contributed by atoms with Crippen molar-refractivity contribution in [3.05, 3.63) is 46.4 Å². The molecule has 0 aromatic carbocycles. The molecule has 0 aromatic heterocycles. The minimum absolute atomic E-state index is 0.0795. The SMILES string of the molecule is C=NN(C)/C(C(=NC/C(C)=C/CC)NC(=C)C(C)S/C(N)=C\C)=C(\CCC)N(C)C. The number of likely N-dealkylation sites (N-methyl/N-ethyl adjacent to an activating group) is 1. The summed E-state index contributed by atoms with van der Waals surface area (Å²) >= 11 is 1.57. The third-order valence-electron chi connectivity index (χ3n) is 4.47. The van der Waals surface area contributed by atoms with Crippen LogP contribution in [0.2, 0.25) is 0 Å². The highest BCUT2D eigenvalue weighted by atomic mass is 32.2. The quantitative estimate of drug-likeness (QED) is 0.187. The van der Waals surface area contributed by atoms with Gasteiger partial charge in [-0.1, -0.05) is 56.3 Å². The Morgan fingerprint density at radius 3 is 2.37 bits per heavy atom. The number of hydrogen-bond donors (Lipinski definition) is 2. The van der Waals surface area contributed by atoms with Crippen molar-refractivity contribution < 1.29 is 0 Å². The molecule has 0 aliphatic rings. The van der Waals surface area contributed by atoms with E-state index >= 15 is 0 Å². The summed E-state index contributed by atoms with van der Waals surface area (Å²) in [5, 5.41) is 10.3. The lowest BCUT2D eigenvalue weighted by Gasteiger charge is -2.28. The van der Waals surface area contributed by atoms with Gasteiger partial charge in [0.15, 0.2) is 5.84 Å². The van der Waals surface area contributed by atoms with E-state index in [-0.39, 0.29) is 5.25 Å². The third-order valence-corrected chi connectivity index (χ3v) is 5.61. The zero-order valence-electron chi connectivity index (χ0n) is 20.2. The highest BCUT2D eigenvalue weighted by Crippen LogP contribution is 2.23. The lowest BCUT2D eigenvalue weighted by molar-refractivity contribution is 0.411. The smallest absolute Gasteiger partial charge is 0.153 e. The summed E-state index contributed by atoms with van der Waals surface area (Å²) in [6.07, 6.45) is 6.99. The molecule has 0 fully saturated rings. The van der Waals surface area contributed by atoms with Crippen molar-refractivity contribution in [3.63, 3.8) is 0 Å². The maximum atomic E-state index is 6.00. The number of amidine groups is 1. The molecule has 30 heavy (non-hydrogen) atoms. The van der Waals surface area contributed by atoms with Crippen LogP contribution in [0.1, 0.15) is 53.9 Å². The predicted octanol–water partition coefficient (Wildman–Crippen LogP) is 4.91. The van der Waals surface area contributed by atoms with Gasteiger partial charge >= 0.3 is 0 Å². The van der Waals surface area contributed by atoms with Crippen LogP contribution in [0.4, 0.5) is 0 Å². The van der Waals surface area contributed by atoms with Crippen molar-refractivity contribution >= 4 is 24.3 Å². The van der Waals surface area contributed by atoms with Gasteiger partial charge in [0.1, 0.15) is 5.70 Å². The van der Waals surface area contributed by atoms with E-state index in [2.05, 4.69) is 62.4 Å². The number of hydrazone groups is 1. The number of allylic oxidation sites excluding steroid dienone is 3. The minimum Gasteiger partial charge on any atom is -0.394 e. The van der Waals surface area contributed by atoms with Gasteiger partial charge in [0, 0.05) is 44.5 Å². The lowest BCUT2D eigenvalue weighted by atomic mass is 10.1. The van der Waals surface area contributed by atoms with Crippen LogP contribution in [-0.4, -0.2) is 55.4 Å². The molecule has 0 radical (unpaired) electrons. The summed E-state index contributed by atoms with van der Waals surface area (Å²) in [4.78, 5) is 7.04. The highest BCUT2D eigenvalue weighted by Gasteiger charge is 2.21. The highest BCUT2D eigenvalue weighted by molar-refractivity contribution is 8.03. The van der Waals surface area contributed by atoms with Crippen molar-refractivity contribution in [1.29, 1.82) is 0 Å². The van der Waals surface area contributed by atoms with Crippen molar-refractivity contribution in [2.75, 3.05) is 27.7 Å². The molecular weight excluding hydrogens is 392 g/mol. The van der Waals surface area contributed by atoms with E-state index in [0.29, 0.717) is 6.54 Å². The minimum atomic E-state index is 0.0795. The molecule has 0 saturated heterocycles. The number of nitrogens with one attached hydrogen (secondary N) is 1. The fourth-order valence-electron chi connectivity index (χ4n) is 2.73. The van der Waals surface area contributed by atoms with E-state index < -0.39 is 0 Å². The summed E-state index contributed by atoms with van der Waals surface area (Å²) in [5.74, 6) is 0.738. The fourth-order valence-corrected chi connectivity index (χ4v) is 3.47. The van der Waals surface area contributed by atoms with Gasteiger partial charge in [-0.25, -0.2) is 0 Å². The lowest BCUT2D eigenvalue weighted by Crippen LogP contribution is -2.36. The second-order valence-corrected chi connectivity index (χ2v) is 8.74. The van der Waals surface area contributed by atoms with Crippen molar-refractivity contribution in [3.8, 4) is 0 Å². The first-order valence-corrected chi connectivity index (χ1v) is 11.4. The Morgan fingerprint density at radius 1 is 1.27 bits per heavy atom. The van der Waals surface area contributed by atoms with Gasteiger partial charge in [0.05, 0.1) is 11.6 Å². The Labute approximate surface area is 188 Å². The van der Waals surface area contributed by atoms with Crippen LogP contribution >= 0.6 is 11.8 Å². The number of hydrogen-bond acceptors (Lipinski definition) is 6. The van der Waals surface area contributed by atoms with Crippen LogP contribution < -0.4 is 11.1 Å². The average Bonchev–Trinajstić information content (AvgIpc) is 2.70. The average molecular weight is 435 g/mol. The molecule has 6 nitrogen and oxygen atoms in total. The first-order valence-electron chi connectivity index (χ1n) is 10.5. The molecule has 0 heterocycles. The Kier molecular flexibility index (Phi) is 13.7. The van der Waals surface area contributed by atoms with Gasteiger partial charge < -0.3 is 16.0 Å². The van der Waals surface area contributed by atoms with Crippen LogP contribution in [0.15, 0.2) is 56.5 Å². The second-order valence-electron chi connectivity index (χ2n) is 7.33. The maximum Gasteiger partial charge on any atom is 0.153 e. The van der Waals surface area contributed by atoms with Gasteiger partial charge in [-0.15, -0.1) is 0 Å². The number of thioether (sulfide) groups is 1. The van der Waals surface area contributed by atoms with Gasteiger partial charge in [0.2, 0.25) is 0 Å². The molecule has 170 valence electrons. The molecule has 0 aromatic rings. The van der Waals surface area contributed by atoms with Crippen LogP contribution in [0.25, 0.3) is 0 Å². The van der Waals surface area contributed by atoms with Crippen molar-refractivity contribution in [2.45, 2.75) is 59.1 Å². The van der Waals surface area contributed by atoms with Crippen LogP contribution in [0, 0.1) is 0 Å². The summed E-state index contributed by atoms with van der Waals surface area (Å²) in [5.41, 5.74) is 10.1. The van der Waals surface area contributed by atoms with Crippen LogP contribution in [0.5, 0.6) is 0 Å². The van der Waals surface area contributed by atoms with E-state index in [4.69, 9.17) is 10.7 Å². The summed E-state index contributed by atoms with van der Waals surface area (Å²) in [6, 6.07) is 0. The Bertz CT molecular complexity index is 688. The normalized spacial score (nSPS) is 14.7. The van der Waals surface area contributed by atoms with E-state index in [1.54, 1.807) is 16.8 Å². The van der Waals surface area contributed by atoms with Gasteiger partial charge in [-0.05, 0) is 33.6 Å². The first-order chi connectivity index (χ1) is 14.1. The van der Waals surface area contributed by atoms with Gasteiger partial charge in [-0.2, -0.15) is 5.10 Å². The summed E-state index contributed by atoms with van der Waals surface area (Å²) < 4.78 is 0. The Morgan fingerprint density at radius 2 is 1.90 bits per heavy atom. The van der Waals surface area contributed by atoms with Gasteiger partial charge in [-0.3, -0.25) is 10.0 Å². The summed E-state index contributed by atoms with van der Waals surface area (Å²) in [6.45, 7) is 19.0. The van der Waals surface area contributed by atoms with E-state index in [1.165, 1.54) is 5.57 Å². The zero-order valence-corrected chi connectivity index (χ0v) is 21.1. The van der Waals surface area contributed by atoms with E-state index in [0.717, 1.165) is 47.2 Å². The summed E-state index contributed by atoms with van der Waals surface area (Å²) in [7, 11) is 5.98. The maximum absolute atomic E-state index is 6.00. The molecule has 0 rings (SSSR count). The Hall–Kier alpha value is -2.15. The molecule has 1 atom stereocenters. The van der Waals surface area contributed by atoms with Gasteiger partial charge in [0.25, 0.3) is 0 Å². The second kappa shape index (κ2) is 14.8. The molecule has 1 unspecified atom stereocenters. The van der Waals surface area contributed by atoms with Crippen molar-refractivity contribution in [1.82, 2.24) is 15.2 Å². The molecular formula is C23H42N6S. The largest absolute Gasteiger partial charge is 0.394 e. The van der Waals surface area contributed by atoms with Crippen molar-refractivity contribution in [2.24, 2.45) is 15.8 Å². The number of nitrogens with zero attached hydrogens (tertiary/aromatic N) is 4. The molecule has 0 saturated carbocycles. The predicted molar refractivity (Wildman–Crippen MR) is 137 cm³/mol. The van der Waals surface area contributed by atoms with Crippen LogP contribution in [0.3, 0.4) is 0 Å². The molecule has 3 N–H and O–H groups in total. The molecule has 0 amide bonds. The molecule has 0 bridgehead atoms. The monoisotopic (exact) mass is 434 g/mol. The number of rotatable bonds is 13. The van der Waals surface area contributed by atoms with E-state index in [1.807, 2.05) is 34.1 Å². The van der Waals surface area contributed by atoms with E-state index in [9.17, 15) is 0 Å². The standard InChI is InChI=1S/C23H42N6S/c1-11-14-17(4)16-26-23(27-18(5)19(6)30-21(24)13-3)22(29(10)25-7)20(15-12-2)28(8)9/h13-14,19H,5,7,11-12,15-16,24H2,1-4,6,8-10H3,(H,26,27)/b17-14+,21-13-,22-20+. The number of aliphatic imine (C=N–C) groups is 1. The molecule has 0 aliphatic heterocycles. The number of nitrogens with two attached hydrogens (primary N) is 1. The fraction of sp³-hybridized carbons (Fsp3) is 0.565. The molecule has 0 aliphatic carbocycles. The third kappa shape index (κ3) is 9.57. The molecule has 7 heteroatoms. The topological polar surface area (TPSA) is 69.2 Å². The first kappa shape index (κ1) is 27.8. The Balaban J connectivity index is 6.31. The van der Waals surface area contributed by atoms with Crippen LogP contribution in [-0.2, 0) is 0 Å². The molecule has 0 spiro atoms. The zero-order chi connectivity index (χ0) is 23.3.